The number of fused-ring (bicyclic) bond motifs is 1. The minimum Gasteiger partial charge on any atom is -0.495 e. The second-order valence-electron chi connectivity index (χ2n) is 6.11. The van der Waals surface area contributed by atoms with Crippen molar-refractivity contribution in [2.75, 3.05) is 19.5 Å². The number of nitrogens with one attached hydrogen (secondary N) is 1. The van der Waals surface area contributed by atoms with Crippen molar-refractivity contribution < 1.29 is 30.7 Å². The topological polar surface area (TPSA) is 155 Å². The molecule has 0 saturated carbocycles. The largest absolute Gasteiger partial charge is 0.495 e. The molecule has 0 fully saturated rings. The molecule has 0 aliphatic carbocycles. The van der Waals surface area contributed by atoms with E-state index >= 15 is 0 Å². The quantitative estimate of drug-likeness (QED) is 0.377. The van der Waals surface area contributed by atoms with Crippen LogP contribution in [0.2, 0.25) is 0 Å². The first kappa shape index (κ1) is 21.6. The van der Waals surface area contributed by atoms with E-state index in [-0.39, 0.29) is 16.5 Å². The Morgan fingerprint density at radius 3 is 2.07 bits per heavy atom. The Morgan fingerprint density at radius 1 is 0.867 bits per heavy atom. The van der Waals surface area contributed by atoms with Gasteiger partial charge in [-0.2, -0.15) is 27.1 Å². The number of benzene rings is 3. The van der Waals surface area contributed by atoms with Crippen molar-refractivity contribution >= 4 is 48.1 Å². The van der Waals surface area contributed by atoms with E-state index in [0.29, 0.717) is 17.5 Å². The van der Waals surface area contributed by atoms with Crippen LogP contribution in [0.25, 0.3) is 10.8 Å². The third-order valence-corrected chi connectivity index (χ3v) is 5.91. The van der Waals surface area contributed by atoms with Crippen LogP contribution in [0, 0.1) is 0 Å². The third kappa shape index (κ3) is 4.57. The fraction of sp³-hybridized carbons (Fsp3) is 0.111. The monoisotopic (exact) mass is 451 g/mol. The van der Waals surface area contributed by atoms with Gasteiger partial charge in [0.1, 0.15) is 10.6 Å². The fourth-order valence-electron chi connectivity index (χ4n) is 2.77. The molecule has 0 heterocycles. The highest BCUT2D eigenvalue weighted by Gasteiger charge is 2.20. The Hall–Kier alpha value is -3.06. The second kappa shape index (κ2) is 7.99. The molecule has 3 aromatic rings. The molecule has 12 heteroatoms. The number of azo groups is 1. The van der Waals surface area contributed by atoms with Crippen LogP contribution in [0.5, 0.6) is 5.75 Å². The molecular formula is C18H17N3O7S2. The Morgan fingerprint density at radius 2 is 1.50 bits per heavy atom. The predicted octanol–water partition coefficient (Wildman–Crippen LogP) is 3.80. The lowest BCUT2D eigenvalue weighted by Gasteiger charge is -2.08. The zero-order chi connectivity index (χ0) is 22.1. The molecule has 0 unspecified atom stereocenters. The van der Waals surface area contributed by atoms with Gasteiger partial charge in [0.2, 0.25) is 0 Å². The van der Waals surface area contributed by atoms with Gasteiger partial charge in [0.05, 0.1) is 29.1 Å². The van der Waals surface area contributed by atoms with Crippen LogP contribution in [0.4, 0.5) is 17.1 Å². The predicted molar refractivity (Wildman–Crippen MR) is 110 cm³/mol. The van der Waals surface area contributed by atoms with Gasteiger partial charge < -0.3 is 10.1 Å². The maximum atomic E-state index is 11.8. The van der Waals surface area contributed by atoms with Crippen LogP contribution in [0.1, 0.15) is 0 Å². The molecule has 158 valence electrons. The highest BCUT2D eigenvalue weighted by atomic mass is 32.2. The minimum atomic E-state index is -4.78. The number of hydrogen-bond donors (Lipinski definition) is 3. The smallest absolute Gasteiger partial charge is 0.295 e. The van der Waals surface area contributed by atoms with Gasteiger partial charge in [0, 0.05) is 18.5 Å². The van der Waals surface area contributed by atoms with Crippen molar-refractivity contribution in [2.45, 2.75) is 9.79 Å². The molecule has 0 aliphatic heterocycles. The summed E-state index contributed by atoms with van der Waals surface area (Å²) in [6.45, 7) is 0. The number of methoxy groups -OCH3 is 1. The third-order valence-electron chi connectivity index (χ3n) is 4.18. The molecule has 0 aromatic heterocycles. The summed E-state index contributed by atoms with van der Waals surface area (Å²) in [6, 6.07) is 11.1. The van der Waals surface area contributed by atoms with Gasteiger partial charge in [0.25, 0.3) is 20.2 Å². The lowest BCUT2D eigenvalue weighted by Crippen LogP contribution is -2.04. The maximum Gasteiger partial charge on any atom is 0.295 e. The number of rotatable bonds is 6. The molecule has 0 atom stereocenters. The summed E-state index contributed by atoms with van der Waals surface area (Å²) in [6.07, 6.45) is 0. The van der Waals surface area contributed by atoms with Crippen molar-refractivity contribution in [3.05, 3.63) is 48.5 Å². The SMILES string of the molecule is CNc1ccc(/N=N/c2ccc3cc(S(=O)(=O)O)cc(S(=O)(=O)O)c3c2)cc1OC. The van der Waals surface area contributed by atoms with Crippen LogP contribution in [0.15, 0.2) is 68.6 Å². The molecule has 0 bridgehead atoms. The van der Waals surface area contributed by atoms with Gasteiger partial charge in [-0.3, -0.25) is 9.11 Å². The van der Waals surface area contributed by atoms with Crippen LogP contribution in [0.3, 0.4) is 0 Å². The molecule has 3 rings (SSSR count). The van der Waals surface area contributed by atoms with E-state index < -0.39 is 30.0 Å². The number of anilines is 1. The normalized spacial score (nSPS) is 12.4. The standard InChI is InChI=1S/C18H17N3O7S2/c1-19-16-6-5-13(9-17(16)28-2)21-20-12-4-3-11-7-14(29(22,23)24)10-18(15(11)8-12)30(25,26)27/h3-10,19H,1-2H3,(H,22,23,24)(H,25,26,27)/b21-20+. The average Bonchev–Trinajstić information content (AvgIpc) is 2.69. The molecule has 30 heavy (non-hydrogen) atoms. The van der Waals surface area contributed by atoms with Crippen molar-refractivity contribution in [2.24, 2.45) is 10.2 Å². The van der Waals surface area contributed by atoms with Crippen molar-refractivity contribution in [3.63, 3.8) is 0 Å². The van der Waals surface area contributed by atoms with E-state index in [4.69, 9.17) is 4.74 Å². The summed E-state index contributed by atoms with van der Waals surface area (Å²) in [7, 11) is -6.21. The molecule has 0 radical (unpaired) electrons. The van der Waals surface area contributed by atoms with E-state index in [1.54, 1.807) is 25.2 Å². The Kier molecular flexibility index (Phi) is 5.76. The summed E-state index contributed by atoms with van der Waals surface area (Å²) < 4.78 is 70.3. The van der Waals surface area contributed by atoms with Crippen LogP contribution >= 0.6 is 0 Å². The van der Waals surface area contributed by atoms with E-state index in [9.17, 15) is 25.9 Å². The lowest BCUT2D eigenvalue weighted by molar-refractivity contribution is 0.417. The zero-order valence-electron chi connectivity index (χ0n) is 15.8. The molecule has 0 spiro atoms. The maximum absolute atomic E-state index is 11.8. The highest BCUT2D eigenvalue weighted by Crippen LogP contribution is 2.32. The van der Waals surface area contributed by atoms with Crippen molar-refractivity contribution in [1.82, 2.24) is 0 Å². The molecule has 0 amide bonds. The van der Waals surface area contributed by atoms with Gasteiger partial charge in [-0.15, -0.1) is 0 Å². The van der Waals surface area contributed by atoms with Gasteiger partial charge in [-0.05, 0) is 41.8 Å². The van der Waals surface area contributed by atoms with E-state index in [1.165, 1.54) is 25.3 Å². The molecule has 10 nitrogen and oxygen atoms in total. The molecule has 3 aromatic carbocycles. The lowest BCUT2D eigenvalue weighted by atomic mass is 10.1. The van der Waals surface area contributed by atoms with Gasteiger partial charge in [-0.1, -0.05) is 6.07 Å². The summed E-state index contributed by atoms with van der Waals surface area (Å²) in [4.78, 5) is -1.33. The molecular weight excluding hydrogens is 434 g/mol. The minimum absolute atomic E-state index is 0.0180. The van der Waals surface area contributed by atoms with Gasteiger partial charge in [-0.25, -0.2) is 0 Å². The van der Waals surface area contributed by atoms with Crippen molar-refractivity contribution in [3.8, 4) is 5.75 Å². The summed E-state index contributed by atoms with van der Waals surface area (Å²) >= 11 is 0. The van der Waals surface area contributed by atoms with E-state index in [1.807, 2.05) is 0 Å². The molecule has 0 aliphatic rings. The number of hydrogen-bond acceptors (Lipinski definition) is 8. The summed E-state index contributed by atoms with van der Waals surface area (Å²) in [5.74, 6) is 0.555. The van der Waals surface area contributed by atoms with Gasteiger partial charge >= 0.3 is 0 Å². The Balaban J connectivity index is 2.10. The van der Waals surface area contributed by atoms with Crippen LogP contribution < -0.4 is 10.1 Å². The van der Waals surface area contributed by atoms with Crippen molar-refractivity contribution in [1.29, 1.82) is 0 Å². The number of nitrogens with zero attached hydrogens (tertiary/aromatic N) is 2. The van der Waals surface area contributed by atoms with E-state index in [0.717, 1.165) is 11.8 Å². The van der Waals surface area contributed by atoms with Gasteiger partial charge in [0.15, 0.2) is 0 Å². The zero-order valence-corrected chi connectivity index (χ0v) is 17.4. The summed E-state index contributed by atoms with van der Waals surface area (Å²) in [5, 5.41) is 11.3. The average molecular weight is 451 g/mol. The summed E-state index contributed by atoms with van der Waals surface area (Å²) in [5.41, 5.74) is 1.49. The second-order valence-corrected chi connectivity index (χ2v) is 8.92. The van der Waals surface area contributed by atoms with Crippen LogP contribution in [-0.4, -0.2) is 40.1 Å². The first-order valence-corrected chi connectivity index (χ1v) is 11.2. The first-order valence-electron chi connectivity index (χ1n) is 8.33. The fourth-order valence-corrected chi connectivity index (χ4v) is 4.12. The van der Waals surface area contributed by atoms with E-state index in [2.05, 4.69) is 15.5 Å². The molecule has 0 saturated heterocycles. The number of ether oxygens (including phenoxy) is 1. The highest BCUT2D eigenvalue weighted by molar-refractivity contribution is 7.86. The molecule has 3 N–H and O–H groups in total. The Bertz CT molecular complexity index is 1370. The van der Waals surface area contributed by atoms with Crippen LogP contribution in [-0.2, 0) is 20.2 Å². The first-order chi connectivity index (χ1) is 14.0. The Labute approximate surface area is 172 Å².